The molecule has 0 unspecified atom stereocenters. The lowest BCUT2D eigenvalue weighted by Crippen LogP contribution is -2.11. The van der Waals surface area contributed by atoms with E-state index in [0.717, 1.165) is 27.5 Å². The van der Waals surface area contributed by atoms with E-state index in [4.69, 9.17) is 0 Å². The van der Waals surface area contributed by atoms with Crippen molar-refractivity contribution in [2.45, 2.75) is 6.92 Å². The lowest BCUT2D eigenvalue weighted by Gasteiger charge is -2.28. The largest absolute Gasteiger partial charge is 0.310 e. The molecule has 0 aliphatic carbocycles. The summed E-state index contributed by atoms with van der Waals surface area (Å²) in [5.41, 5.74) is 16.5. The number of anilines is 3. The second kappa shape index (κ2) is 23.1. The van der Waals surface area contributed by atoms with E-state index >= 15 is 0 Å². The predicted octanol–water partition coefficient (Wildman–Crippen LogP) is 21.4. The van der Waals surface area contributed by atoms with E-state index in [1.54, 1.807) is 11.8 Å². The van der Waals surface area contributed by atoms with E-state index in [-0.39, 0.29) is 0 Å². The number of benzene rings is 11. The van der Waals surface area contributed by atoms with Crippen LogP contribution in [0.1, 0.15) is 6.92 Å². The first-order valence-corrected chi connectivity index (χ1v) is 27.7. The van der Waals surface area contributed by atoms with Crippen molar-refractivity contribution < 1.29 is 0 Å². The summed E-state index contributed by atoms with van der Waals surface area (Å²) in [4.78, 5) is 3.51. The van der Waals surface area contributed by atoms with Gasteiger partial charge < -0.3 is 9.47 Å². The van der Waals surface area contributed by atoms with Crippen LogP contribution in [0.3, 0.4) is 0 Å². The van der Waals surface area contributed by atoms with Gasteiger partial charge in [0.05, 0.1) is 22.4 Å². The fourth-order valence-corrected chi connectivity index (χ4v) is 11.6. The SMILES string of the molecule is C=C(/C=C\C)SC.c1ccc(-c2ccccc2-c2ccc(N(c3ccccc3)c3ccccc3-c3ccccc3-c3ccc4c(c3)c3ccccc3n4-c3cccc4sc5ccccc5c34)cc2)cc1.c1ccccc1. The van der Waals surface area contributed by atoms with Crippen molar-refractivity contribution >= 4 is 82.1 Å². The molecule has 76 heavy (non-hydrogen) atoms. The third-order valence-electron chi connectivity index (χ3n) is 13.7. The van der Waals surface area contributed by atoms with Crippen LogP contribution >= 0.6 is 23.1 Å². The first kappa shape index (κ1) is 49.3. The molecule has 0 bridgehead atoms. The Labute approximate surface area is 454 Å². The van der Waals surface area contributed by atoms with Crippen molar-refractivity contribution in [1.29, 1.82) is 0 Å². The van der Waals surface area contributed by atoms with Crippen LogP contribution < -0.4 is 4.90 Å². The predicted molar refractivity (Wildman–Crippen MR) is 334 cm³/mol. The Bertz CT molecular complexity index is 4090. The summed E-state index contributed by atoms with van der Waals surface area (Å²) >= 11 is 3.53. The fraction of sp³-hybridized carbons (Fsp3) is 0.0278. The van der Waals surface area contributed by atoms with Crippen LogP contribution in [0.4, 0.5) is 17.1 Å². The average molecular weight is 1010 g/mol. The highest BCUT2D eigenvalue weighted by Crippen LogP contribution is 2.46. The second-order valence-corrected chi connectivity index (χ2v) is 20.4. The Kier molecular flexibility index (Phi) is 15.0. The van der Waals surface area contributed by atoms with Gasteiger partial charge in [-0.1, -0.05) is 231 Å². The summed E-state index contributed by atoms with van der Waals surface area (Å²) in [5, 5.41) is 5.09. The van der Waals surface area contributed by atoms with E-state index in [0.29, 0.717) is 0 Å². The number of fused-ring (bicyclic) bond motifs is 6. The maximum atomic E-state index is 3.74. The fourth-order valence-electron chi connectivity index (χ4n) is 10.2. The van der Waals surface area contributed by atoms with Crippen LogP contribution in [0.15, 0.2) is 303 Å². The number of allylic oxidation sites excluding steroid dienone is 2. The normalized spacial score (nSPS) is 11.1. The Morgan fingerprint density at radius 3 is 1.57 bits per heavy atom. The standard InChI is InChI=1S/C60H40N2S.C6H10S.C6H6/c1-3-18-41(19-4-1)46-22-7-8-23-47(46)42-34-37-45(38-35-42)61(44-20-5-2-6-21-44)54-29-14-11-26-50(54)49-25-10-9-24-48(49)43-36-39-56-53(40-43)51-27-12-15-30-55(51)62(56)57-31-17-33-59-60(57)52-28-13-16-32-58(52)63-59;1-4-5-6(2)7-3;1-2-4-6-5-3-1/h1-40H;4-5H,2H2,1,3H3;1-6H/b;5-4-;. The zero-order valence-electron chi connectivity index (χ0n) is 42.6. The van der Waals surface area contributed by atoms with Crippen molar-refractivity contribution in [1.82, 2.24) is 4.57 Å². The molecule has 11 aromatic carbocycles. The van der Waals surface area contributed by atoms with Crippen molar-refractivity contribution in [2.75, 3.05) is 11.2 Å². The molecule has 2 heterocycles. The Hall–Kier alpha value is -8.93. The number of nitrogens with zero attached hydrogens (tertiary/aromatic N) is 2. The summed E-state index contributed by atoms with van der Waals surface area (Å²) in [6, 6.07) is 100. The third kappa shape index (κ3) is 10.2. The van der Waals surface area contributed by atoms with Gasteiger partial charge in [-0.05, 0) is 124 Å². The van der Waals surface area contributed by atoms with Gasteiger partial charge in [0.25, 0.3) is 0 Å². The number of thiophene rings is 1. The minimum atomic E-state index is 1.09. The number of para-hydroxylation sites is 3. The van der Waals surface area contributed by atoms with E-state index in [2.05, 4.69) is 259 Å². The molecule has 366 valence electrons. The molecule has 0 saturated heterocycles. The smallest absolute Gasteiger partial charge is 0.0555 e. The highest BCUT2D eigenvalue weighted by atomic mass is 32.2. The van der Waals surface area contributed by atoms with Crippen LogP contribution in [0.25, 0.3) is 92.2 Å². The van der Waals surface area contributed by atoms with E-state index in [1.165, 1.54) is 86.6 Å². The molecule has 0 saturated carbocycles. The minimum Gasteiger partial charge on any atom is -0.310 e. The first-order chi connectivity index (χ1) is 37.6. The van der Waals surface area contributed by atoms with Gasteiger partial charge in [-0.2, -0.15) is 0 Å². The highest BCUT2D eigenvalue weighted by Gasteiger charge is 2.21. The molecule has 0 radical (unpaired) electrons. The van der Waals surface area contributed by atoms with Crippen LogP contribution in [-0.4, -0.2) is 10.8 Å². The van der Waals surface area contributed by atoms with Gasteiger partial charge in [-0.25, -0.2) is 0 Å². The van der Waals surface area contributed by atoms with Gasteiger partial charge in [-0.15, -0.1) is 23.1 Å². The number of thioether (sulfide) groups is 1. The monoisotopic (exact) mass is 1010 g/mol. The Morgan fingerprint density at radius 1 is 0.421 bits per heavy atom. The van der Waals surface area contributed by atoms with E-state index in [1.807, 2.05) is 73.1 Å². The number of aromatic nitrogens is 1. The average Bonchev–Trinajstić information content (AvgIpc) is 4.09. The topological polar surface area (TPSA) is 8.17 Å². The first-order valence-electron chi connectivity index (χ1n) is 25.7. The van der Waals surface area contributed by atoms with Crippen LogP contribution in [0.5, 0.6) is 0 Å². The highest BCUT2D eigenvalue weighted by molar-refractivity contribution is 8.02. The van der Waals surface area contributed by atoms with E-state index < -0.39 is 0 Å². The third-order valence-corrected chi connectivity index (χ3v) is 15.5. The lowest BCUT2D eigenvalue weighted by atomic mass is 9.92. The van der Waals surface area contributed by atoms with Gasteiger partial charge >= 0.3 is 0 Å². The quantitative estimate of drug-likeness (QED) is 0.126. The zero-order chi connectivity index (χ0) is 51.6. The van der Waals surface area contributed by atoms with E-state index in [9.17, 15) is 0 Å². The molecule has 0 spiro atoms. The number of rotatable bonds is 10. The molecule has 0 aliphatic rings. The summed E-state index contributed by atoms with van der Waals surface area (Å²) in [6.45, 7) is 5.73. The second-order valence-electron chi connectivity index (χ2n) is 18.4. The molecule has 13 rings (SSSR count). The molecule has 4 heteroatoms. The maximum Gasteiger partial charge on any atom is 0.0555 e. The lowest BCUT2D eigenvalue weighted by molar-refractivity contribution is 1.20. The maximum absolute atomic E-state index is 3.74. The zero-order valence-corrected chi connectivity index (χ0v) is 44.3. The molecule has 0 fully saturated rings. The molecule has 0 aliphatic heterocycles. The molecule has 0 N–H and O–H groups in total. The minimum absolute atomic E-state index is 1.09. The molecular weight excluding hydrogens is 957 g/mol. The van der Waals surface area contributed by atoms with Gasteiger partial charge in [0.15, 0.2) is 0 Å². The molecular formula is C72H56N2S2. The molecule has 0 atom stereocenters. The van der Waals surface area contributed by atoms with Crippen molar-refractivity contribution in [3.05, 3.63) is 303 Å². The van der Waals surface area contributed by atoms with Gasteiger partial charge in [0.2, 0.25) is 0 Å². The summed E-state index contributed by atoms with van der Waals surface area (Å²) in [5.74, 6) is 0. The van der Waals surface area contributed by atoms with Crippen molar-refractivity contribution in [3.63, 3.8) is 0 Å². The number of hydrogen-bond acceptors (Lipinski definition) is 3. The van der Waals surface area contributed by atoms with Crippen LogP contribution in [0, 0.1) is 0 Å². The summed E-state index contributed by atoms with van der Waals surface area (Å²) in [7, 11) is 0. The van der Waals surface area contributed by atoms with Crippen molar-refractivity contribution in [2.24, 2.45) is 0 Å². The Balaban J connectivity index is 0.000000420. The summed E-state index contributed by atoms with van der Waals surface area (Å²) in [6.07, 6.45) is 5.99. The van der Waals surface area contributed by atoms with Gasteiger partial charge in [0, 0.05) is 47.9 Å². The number of hydrogen-bond donors (Lipinski definition) is 0. The summed E-state index contributed by atoms with van der Waals surface area (Å²) < 4.78 is 5.09. The molecule has 0 amide bonds. The van der Waals surface area contributed by atoms with Crippen LogP contribution in [0.2, 0.25) is 0 Å². The van der Waals surface area contributed by atoms with Gasteiger partial charge in [0.1, 0.15) is 0 Å². The Morgan fingerprint density at radius 2 is 0.908 bits per heavy atom. The molecule has 13 aromatic rings. The van der Waals surface area contributed by atoms with Crippen LogP contribution in [-0.2, 0) is 0 Å². The van der Waals surface area contributed by atoms with Crippen molar-refractivity contribution in [3.8, 4) is 50.2 Å². The molecule has 2 aromatic heterocycles. The van der Waals surface area contributed by atoms with Gasteiger partial charge in [-0.3, -0.25) is 0 Å². The molecule has 2 nitrogen and oxygen atoms in total.